The molecule has 6 atom stereocenters. The molecule has 17 nitrogen and oxygen atoms in total. The molecule has 0 aromatic heterocycles. The highest BCUT2D eigenvalue weighted by Crippen LogP contribution is 2.94. The van der Waals surface area contributed by atoms with Crippen LogP contribution in [0.15, 0.2) is 83.0 Å². The molecule has 5 heterocycles. The third kappa shape index (κ3) is 5.66. The number of ether oxygens (including phenoxy) is 5. The van der Waals surface area contributed by atoms with Gasteiger partial charge in [0, 0.05) is 127 Å². The monoisotopic (exact) mass is 1250 g/mol. The molecule has 476 valence electrons. The highest BCUT2D eigenvalue weighted by Gasteiger charge is 2.96. The molecule has 5 aromatic rings. The second-order valence-corrected chi connectivity index (χ2v) is 33.2. The van der Waals surface area contributed by atoms with Gasteiger partial charge < -0.3 is 43.3 Å². The molecule has 5 saturated heterocycles. The van der Waals surface area contributed by atoms with Crippen molar-refractivity contribution in [1.29, 1.82) is 0 Å². The van der Waals surface area contributed by atoms with Crippen LogP contribution in [-0.2, 0) is 51.4 Å². The Morgan fingerprint density at radius 3 is 0.710 bits per heavy atom. The van der Waals surface area contributed by atoms with Crippen LogP contribution in [0.2, 0.25) is 0 Å². The Morgan fingerprint density at radius 2 is 0.484 bits per heavy atom. The Balaban J connectivity index is 0.904. The summed E-state index contributed by atoms with van der Waals surface area (Å²) in [6.45, 7) is 31.9. The first-order chi connectivity index (χ1) is 44.2. The molecule has 0 radical (unpaired) electrons. The summed E-state index contributed by atoms with van der Waals surface area (Å²) in [4.78, 5) is 76.6. The molecular weight excluding hydrogens is 1170 g/mol. The second-order valence-electron chi connectivity index (χ2n) is 33.2. The van der Waals surface area contributed by atoms with Crippen molar-refractivity contribution < 1.29 is 42.9 Å². The van der Waals surface area contributed by atoms with Crippen molar-refractivity contribution >= 4 is 24.4 Å². The average Bonchev–Trinajstić information content (AvgIpc) is 1.37. The highest BCUT2D eigenvalue weighted by atomic mass is 16.6. The van der Waals surface area contributed by atoms with E-state index >= 15 is 0 Å². The second kappa shape index (κ2) is 16.0. The van der Waals surface area contributed by atoms with E-state index in [0.717, 1.165) is 0 Å². The third-order valence-corrected chi connectivity index (χ3v) is 24.4. The Kier molecular flexibility index (Phi) is 9.46. The van der Waals surface area contributed by atoms with Crippen molar-refractivity contribution in [3.63, 3.8) is 0 Å². The van der Waals surface area contributed by atoms with E-state index in [4.69, 9.17) is 23.7 Å². The number of nitrogens with zero attached hydrogens (tertiary/aromatic N) is 8. The number of fused-ring (bicyclic) bond motifs is 5. The van der Waals surface area contributed by atoms with Gasteiger partial charge in [-0.25, -0.2) is 19.2 Å². The molecule has 16 aliphatic rings. The van der Waals surface area contributed by atoms with Crippen LogP contribution in [0.3, 0.4) is 0 Å². The lowest BCUT2D eigenvalue weighted by molar-refractivity contribution is -0.00427. The molecule has 0 bridgehead atoms. The number of carbonyl (C=O) groups excluding carboxylic acids is 4. The van der Waals surface area contributed by atoms with Gasteiger partial charge in [-0.2, -0.15) is 0 Å². The largest absolute Gasteiger partial charge is 0.444 e. The normalized spacial score (nSPS) is 30.6. The van der Waals surface area contributed by atoms with Gasteiger partial charge >= 0.3 is 24.4 Å². The van der Waals surface area contributed by atoms with Crippen molar-refractivity contribution in [3.8, 4) is 55.6 Å². The topological polar surface area (TPSA) is 144 Å². The Labute approximate surface area is 541 Å². The van der Waals surface area contributed by atoms with Crippen LogP contribution in [0.4, 0.5) is 19.2 Å². The molecule has 0 N–H and O–H groups in total. The Morgan fingerprint density at radius 1 is 0.290 bits per heavy atom. The predicted molar refractivity (Wildman–Crippen MR) is 346 cm³/mol. The van der Waals surface area contributed by atoms with Crippen molar-refractivity contribution in [3.05, 3.63) is 139 Å². The molecule has 17 heteroatoms. The number of piperazine rings is 4. The van der Waals surface area contributed by atoms with E-state index in [2.05, 4.69) is 80.3 Å². The van der Waals surface area contributed by atoms with Crippen LogP contribution in [0, 0.1) is 0 Å². The van der Waals surface area contributed by atoms with Crippen LogP contribution >= 0.6 is 0 Å². The van der Waals surface area contributed by atoms with Crippen LogP contribution in [0.5, 0.6) is 0 Å². The molecule has 1 unspecified atom stereocenters. The molecule has 0 saturated carbocycles. The third-order valence-electron chi connectivity index (χ3n) is 24.4. The zero-order valence-corrected chi connectivity index (χ0v) is 55.3. The van der Waals surface area contributed by atoms with Crippen LogP contribution in [0.1, 0.15) is 139 Å². The lowest BCUT2D eigenvalue weighted by Crippen LogP contribution is -2.67. The maximum absolute atomic E-state index is 14.4. The number of amides is 4. The lowest BCUT2D eigenvalue weighted by Gasteiger charge is -2.63. The number of carbonyl (C=O) groups is 4. The van der Waals surface area contributed by atoms with Crippen molar-refractivity contribution in [2.75, 3.05) is 105 Å². The molecule has 5 fully saturated rings. The summed E-state index contributed by atoms with van der Waals surface area (Å²) in [5.41, 5.74) is 23.1. The standard InChI is InChI=1S/C76H78N8O9/c1-67(2,3)89-63(85)77-23-31-81(32-24-77)71-49-39-13-14-40-42-16-18-44-46-20-22-48-47-21-19-45-43-17-15-41(39)51(71)53(43)73(83-35-27-79(28-36-83)65(87)91-69(7,8)9)55(45)57(47)75-58(48)56(46)74(84-37-29-80(30-38-84)66(88)92-70(10,11)12)54(44)52(42)72(50(40)49,60-59(71)61(73)76(75,93-75)62(60)74)82-33-25-78(26-34-82)64(86)90-68(4,5)6/h13-22H,23-38H2,1-12H3/t71-,72+,73-,74+,75?,76+. The summed E-state index contributed by atoms with van der Waals surface area (Å²) in [6.07, 6.45) is -1.16. The predicted octanol–water partition coefficient (Wildman–Crippen LogP) is 10.8. The quantitative estimate of drug-likeness (QED) is 0.122. The number of hydrogen-bond donors (Lipinski definition) is 0. The van der Waals surface area contributed by atoms with E-state index in [1.54, 1.807) is 0 Å². The molecule has 5 aromatic carbocycles. The number of rotatable bonds is 4. The van der Waals surface area contributed by atoms with Crippen molar-refractivity contribution in [2.24, 2.45) is 0 Å². The lowest BCUT2D eigenvalue weighted by atomic mass is 9.51. The summed E-state index contributed by atoms with van der Waals surface area (Å²) in [5, 5.41) is 0. The molecule has 5 aliphatic heterocycles. The van der Waals surface area contributed by atoms with Gasteiger partial charge in [-0.1, -0.05) is 60.7 Å². The summed E-state index contributed by atoms with van der Waals surface area (Å²) in [7, 11) is 0. The number of benzene rings is 5. The van der Waals surface area contributed by atoms with Gasteiger partial charge in [0.05, 0.1) is 22.2 Å². The van der Waals surface area contributed by atoms with E-state index in [9.17, 15) is 19.2 Å². The summed E-state index contributed by atoms with van der Waals surface area (Å²) >= 11 is 0. The van der Waals surface area contributed by atoms with Gasteiger partial charge in [-0.05, 0) is 194 Å². The van der Waals surface area contributed by atoms with Crippen molar-refractivity contribution in [2.45, 2.75) is 139 Å². The fraction of sp³-hybridized carbons (Fsp3) is 0.500. The number of epoxide rings is 1. The fourth-order valence-corrected chi connectivity index (χ4v) is 22.2. The van der Waals surface area contributed by atoms with E-state index in [1.165, 1.54) is 134 Å². The Bertz CT molecular complexity index is 4340. The van der Waals surface area contributed by atoms with E-state index in [1.807, 2.05) is 103 Å². The van der Waals surface area contributed by atoms with Gasteiger partial charge in [0.2, 0.25) is 0 Å². The summed E-state index contributed by atoms with van der Waals surface area (Å²) < 4.78 is 33.5. The fourth-order valence-electron chi connectivity index (χ4n) is 22.2. The molecule has 11 aliphatic carbocycles. The summed E-state index contributed by atoms with van der Waals surface area (Å²) in [6, 6.07) is 24.6. The SMILES string of the molecule is CC(C)(C)OC(=O)N1CCN([C@@]23C4=C5[C@@]6(N7CCN(C(=O)OC(C)(C)C)CC7)c7c8ccc9c7C7%10O[C@@]57C5=C4[C@@]4(N7CCN(C(=O)OC(C)(C)C)CC7)c7c(ccc(c72)-c2ccc-8c6c23)-c2ccc3c(c24)[C@@]5(N2CCN(C(=O)OC(C)(C)C)CC2)c2c-3ccc-9c2%10)CC1. The maximum Gasteiger partial charge on any atom is 0.410 e. The minimum absolute atomic E-state index is 0.288. The van der Waals surface area contributed by atoms with E-state index in [0.29, 0.717) is 105 Å². The molecular formula is C76H78N8O9. The minimum Gasteiger partial charge on any atom is -0.444 e. The molecule has 4 amide bonds. The smallest absolute Gasteiger partial charge is 0.410 e. The van der Waals surface area contributed by atoms with Gasteiger partial charge in [0.15, 0.2) is 11.2 Å². The van der Waals surface area contributed by atoms with E-state index in [-0.39, 0.29) is 24.4 Å². The van der Waals surface area contributed by atoms with Gasteiger partial charge in [0.25, 0.3) is 0 Å². The zero-order valence-electron chi connectivity index (χ0n) is 55.3. The maximum atomic E-state index is 14.4. The highest BCUT2D eigenvalue weighted by molar-refractivity contribution is 6.13. The average molecular weight is 1250 g/mol. The Hall–Kier alpha value is -7.54. The first kappa shape index (κ1) is 54.8. The molecule has 93 heavy (non-hydrogen) atoms. The first-order valence-corrected chi connectivity index (χ1v) is 34.3. The van der Waals surface area contributed by atoms with Gasteiger partial charge in [-0.3, -0.25) is 19.6 Å². The summed E-state index contributed by atoms with van der Waals surface area (Å²) in [5.74, 6) is 0. The van der Waals surface area contributed by atoms with Crippen LogP contribution < -0.4 is 0 Å². The minimum atomic E-state index is -1.02. The van der Waals surface area contributed by atoms with Gasteiger partial charge in [-0.15, -0.1) is 0 Å². The molecule has 2 spiro atoms. The zero-order chi connectivity index (χ0) is 63.7. The molecule has 21 rings (SSSR count). The van der Waals surface area contributed by atoms with E-state index < -0.39 is 55.8 Å². The van der Waals surface area contributed by atoms with Gasteiger partial charge in [0.1, 0.15) is 22.4 Å². The van der Waals surface area contributed by atoms with Crippen molar-refractivity contribution in [1.82, 2.24) is 39.2 Å². The number of hydrogen-bond acceptors (Lipinski definition) is 13. The van der Waals surface area contributed by atoms with Crippen LogP contribution in [0.25, 0.3) is 55.6 Å². The van der Waals surface area contributed by atoms with Crippen LogP contribution in [-0.4, -0.2) is 196 Å². The first-order valence-electron chi connectivity index (χ1n) is 34.3.